The van der Waals surface area contributed by atoms with Crippen LogP contribution in [0.2, 0.25) is 5.02 Å². The van der Waals surface area contributed by atoms with Gasteiger partial charge >= 0.3 is 0 Å². The minimum atomic E-state index is -0.450. The maximum absolute atomic E-state index is 12.5. The number of hydrogen-bond acceptors (Lipinski definition) is 4. The zero-order valence-electron chi connectivity index (χ0n) is 11.9. The summed E-state index contributed by atoms with van der Waals surface area (Å²) in [5.41, 5.74) is 2.22. The van der Waals surface area contributed by atoms with Gasteiger partial charge in [-0.2, -0.15) is 0 Å². The topological polar surface area (TPSA) is 59.1 Å². The standard InChI is InChI=1S/C17H11ClN2O2S/c18-9-5-6-13-15(7-9)23-17(19-13)20-16(22)12-8-14(21)11-4-2-1-3-10(11)12/h1-7,12H,8H2,(H,19,20,22). The first-order valence-corrected chi connectivity index (χ1v) is 8.30. The van der Waals surface area contributed by atoms with Crippen molar-refractivity contribution in [2.45, 2.75) is 12.3 Å². The van der Waals surface area contributed by atoms with E-state index < -0.39 is 5.92 Å². The molecule has 6 heteroatoms. The molecule has 3 aromatic rings. The van der Waals surface area contributed by atoms with Gasteiger partial charge in [-0.25, -0.2) is 4.98 Å². The maximum atomic E-state index is 12.5. The number of nitrogens with one attached hydrogen (secondary N) is 1. The average molecular weight is 343 g/mol. The summed E-state index contributed by atoms with van der Waals surface area (Å²) in [4.78, 5) is 28.9. The number of amides is 1. The molecule has 0 radical (unpaired) electrons. The van der Waals surface area contributed by atoms with Gasteiger partial charge in [-0.05, 0) is 23.8 Å². The lowest BCUT2D eigenvalue weighted by molar-refractivity contribution is -0.117. The van der Waals surface area contributed by atoms with Crippen LogP contribution in [-0.2, 0) is 4.79 Å². The number of carbonyl (C=O) groups is 2. The van der Waals surface area contributed by atoms with Gasteiger partial charge in [-0.3, -0.25) is 9.59 Å². The second-order valence-corrected chi connectivity index (χ2v) is 6.85. The third-order valence-corrected chi connectivity index (χ3v) is 5.09. The SMILES string of the molecule is O=C1CC(C(=O)Nc2nc3ccc(Cl)cc3s2)c2ccccc21. The quantitative estimate of drug-likeness (QED) is 0.757. The average Bonchev–Trinajstić information content (AvgIpc) is 3.08. The molecule has 1 amide bonds. The highest BCUT2D eigenvalue weighted by molar-refractivity contribution is 7.22. The number of benzene rings is 2. The van der Waals surface area contributed by atoms with Crippen molar-refractivity contribution in [2.75, 3.05) is 5.32 Å². The number of carbonyl (C=O) groups excluding carboxylic acids is 2. The summed E-state index contributed by atoms with van der Waals surface area (Å²) in [6.07, 6.45) is 0.210. The summed E-state index contributed by atoms with van der Waals surface area (Å²) in [6.45, 7) is 0. The van der Waals surface area contributed by atoms with Gasteiger partial charge in [0.15, 0.2) is 10.9 Å². The van der Waals surface area contributed by atoms with E-state index in [-0.39, 0.29) is 18.1 Å². The van der Waals surface area contributed by atoms with Crippen molar-refractivity contribution in [2.24, 2.45) is 0 Å². The van der Waals surface area contributed by atoms with E-state index in [0.29, 0.717) is 15.7 Å². The molecule has 2 aromatic carbocycles. The van der Waals surface area contributed by atoms with Crippen molar-refractivity contribution in [3.63, 3.8) is 0 Å². The van der Waals surface area contributed by atoms with Crippen LogP contribution >= 0.6 is 22.9 Å². The Hall–Kier alpha value is -2.24. The number of anilines is 1. The Bertz CT molecular complexity index is 951. The highest BCUT2D eigenvalue weighted by Crippen LogP contribution is 2.35. The molecule has 0 saturated heterocycles. The van der Waals surface area contributed by atoms with Gasteiger partial charge in [0, 0.05) is 17.0 Å². The molecule has 4 rings (SSSR count). The van der Waals surface area contributed by atoms with E-state index in [1.54, 1.807) is 12.1 Å². The third-order valence-electron chi connectivity index (χ3n) is 3.92. The summed E-state index contributed by atoms with van der Waals surface area (Å²) in [5.74, 6) is -0.639. The molecule has 0 spiro atoms. The highest BCUT2D eigenvalue weighted by atomic mass is 35.5. The zero-order valence-corrected chi connectivity index (χ0v) is 13.4. The van der Waals surface area contributed by atoms with Crippen LogP contribution in [0, 0.1) is 0 Å². The van der Waals surface area contributed by atoms with Crippen molar-refractivity contribution in [3.8, 4) is 0 Å². The van der Waals surface area contributed by atoms with Gasteiger partial charge in [0.2, 0.25) is 5.91 Å². The molecule has 1 heterocycles. The summed E-state index contributed by atoms with van der Waals surface area (Å²) in [6, 6.07) is 12.7. The predicted octanol–water partition coefficient (Wildman–Crippen LogP) is 4.26. The van der Waals surface area contributed by atoms with Gasteiger partial charge in [-0.1, -0.05) is 47.2 Å². The summed E-state index contributed by atoms with van der Waals surface area (Å²) in [7, 11) is 0. The fourth-order valence-electron chi connectivity index (χ4n) is 2.84. The summed E-state index contributed by atoms with van der Waals surface area (Å²) < 4.78 is 0.913. The first-order chi connectivity index (χ1) is 11.1. The van der Waals surface area contributed by atoms with Gasteiger partial charge < -0.3 is 5.32 Å². The largest absolute Gasteiger partial charge is 0.301 e. The van der Waals surface area contributed by atoms with Crippen molar-refractivity contribution in [3.05, 3.63) is 58.6 Å². The number of aromatic nitrogens is 1. The molecule has 1 atom stereocenters. The van der Waals surface area contributed by atoms with E-state index in [2.05, 4.69) is 10.3 Å². The fourth-order valence-corrected chi connectivity index (χ4v) is 3.98. The number of ketones is 1. The lowest BCUT2D eigenvalue weighted by Crippen LogP contribution is -2.19. The van der Waals surface area contributed by atoms with Crippen LogP contribution < -0.4 is 5.32 Å². The Morgan fingerprint density at radius 2 is 2.09 bits per heavy atom. The van der Waals surface area contributed by atoms with Crippen LogP contribution in [0.15, 0.2) is 42.5 Å². The number of hydrogen-bond donors (Lipinski definition) is 1. The zero-order chi connectivity index (χ0) is 16.0. The predicted molar refractivity (Wildman–Crippen MR) is 91.4 cm³/mol. The highest BCUT2D eigenvalue weighted by Gasteiger charge is 2.34. The number of fused-ring (bicyclic) bond motifs is 2. The molecular weight excluding hydrogens is 332 g/mol. The number of rotatable bonds is 2. The Balaban J connectivity index is 1.61. The van der Waals surface area contributed by atoms with Gasteiger partial charge in [0.1, 0.15) is 0 Å². The van der Waals surface area contributed by atoms with Crippen LogP contribution in [0.3, 0.4) is 0 Å². The van der Waals surface area contributed by atoms with Crippen LogP contribution in [0.1, 0.15) is 28.3 Å². The molecule has 1 N–H and O–H groups in total. The molecule has 4 nitrogen and oxygen atoms in total. The molecule has 0 aliphatic heterocycles. The summed E-state index contributed by atoms with van der Waals surface area (Å²) >= 11 is 7.33. The van der Waals surface area contributed by atoms with Crippen molar-refractivity contribution < 1.29 is 9.59 Å². The Morgan fingerprint density at radius 3 is 2.96 bits per heavy atom. The molecular formula is C17H11ClN2O2S. The molecule has 0 saturated carbocycles. The Labute approximate surface area is 141 Å². The number of halogens is 1. The molecule has 1 aliphatic rings. The molecule has 114 valence electrons. The first-order valence-electron chi connectivity index (χ1n) is 7.11. The molecule has 1 aromatic heterocycles. The maximum Gasteiger partial charge on any atom is 0.234 e. The van der Waals surface area contributed by atoms with Crippen molar-refractivity contribution in [1.82, 2.24) is 4.98 Å². The number of thiazole rings is 1. The molecule has 0 bridgehead atoms. The van der Waals surface area contributed by atoms with Crippen molar-refractivity contribution in [1.29, 1.82) is 0 Å². The van der Waals surface area contributed by atoms with E-state index in [0.717, 1.165) is 15.8 Å². The van der Waals surface area contributed by atoms with Crippen LogP contribution in [-0.4, -0.2) is 16.7 Å². The normalized spacial score (nSPS) is 16.6. The van der Waals surface area contributed by atoms with Crippen LogP contribution in [0.25, 0.3) is 10.2 Å². The summed E-state index contributed by atoms with van der Waals surface area (Å²) in [5, 5.41) is 3.98. The lowest BCUT2D eigenvalue weighted by atomic mass is 10.0. The van der Waals surface area contributed by atoms with Crippen LogP contribution in [0.5, 0.6) is 0 Å². The van der Waals surface area contributed by atoms with Crippen LogP contribution in [0.4, 0.5) is 5.13 Å². The van der Waals surface area contributed by atoms with E-state index in [1.807, 2.05) is 30.3 Å². The third kappa shape index (κ3) is 2.52. The second kappa shape index (κ2) is 5.44. The van der Waals surface area contributed by atoms with E-state index in [1.165, 1.54) is 11.3 Å². The minimum Gasteiger partial charge on any atom is -0.301 e. The first kappa shape index (κ1) is 14.4. The van der Waals surface area contributed by atoms with Gasteiger partial charge in [-0.15, -0.1) is 0 Å². The van der Waals surface area contributed by atoms with E-state index in [4.69, 9.17) is 11.6 Å². The Morgan fingerprint density at radius 1 is 1.26 bits per heavy atom. The molecule has 0 fully saturated rings. The van der Waals surface area contributed by atoms with E-state index in [9.17, 15) is 9.59 Å². The fraction of sp³-hybridized carbons (Fsp3) is 0.118. The van der Waals surface area contributed by atoms with Gasteiger partial charge in [0.05, 0.1) is 16.1 Å². The molecule has 1 aliphatic carbocycles. The lowest BCUT2D eigenvalue weighted by Gasteiger charge is -2.09. The smallest absolute Gasteiger partial charge is 0.234 e. The number of nitrogens with zero attached hydrogens (tertiary/aromatic N) is 1. The van der Waals surface area contributed by atoms with E-state index >= 15 is 0 Å². The molecule has 1 unspecified atom stereocenters. The minimum absolute atomic E-state index is 0.0110. The molecule has 23 heavy (non-hydrogen) atoms. The monoisotopic (exact) mass is 342 g/mol. The van der Waals surface area contributed by atoms with Gasteiger partial charge in [0.25, 0.3) is 0 Å². The second-order valence-electron chi connectivity index (χ2n) is 5.39. The van der Waals surface area contributed by atoms with Crippen molar-refractivity contribution >= 4 is 50.0 Å². The number of Topliss-reactive ketones (excluding diaryl/α,β-unsaturated/α-hetero) is 1. The Kier molecular flexibility index (Phi) is 3.39.